The smallest absolute Gasteiger partial charge is 0.126 e. The van der Waals surface area contributed by atoms with Gasteiger partial charge in [0.2, 0.25) is 0 Å². The molecule has 0 aliphatic carbocycles. The largest absolute Gasteiger partial charge is 0.496 e. The van der Waals surface area contributed by atoms with E-state index in [1.807, 2.05) is 0 Å². The summed E-state index contributed by atoms with van der Waals surface area (Å²) < 4.78 is 5.53. The Morgan fingerprint density at radius 2 is 1.44 bits per heavy atom. The summed E-state index contributed by atoms with van der Waals surface area (Å²) in [5, 5.41) is 0. The maximum atomic E-state index is 5.53. The Balaban J connectivity index is 2.77. The van der Waals surface area contributed by atoms with Crippen molar-refractivity contribution in [1.82, 2.24) is 0 Å². The van der Waals surface area contributed by atoms with Crippen molar-refractivity contribution in [2.75, 3.05) is 7.11 Å². The van der Waals surface area contributed by atoms with E-state index in [1.165, 1.54) is 33.4 Å². The van der Waals surface area contributed by atoms with Gasteiger partial charge in [0.05, 0.1) is 7.11 Å². The van der Waals surface area contributed by atoms with Crippen LogP contribution in [0.1, 0.15) is 22.3 Å². The fourth-order valence-corrected chi connectivity index (χ4v) is 2.32. The van der Waals surface area contributed by atoms with E-state index in [1.54, 1.807) is 7.11 Å². The second kappa shape index (κ2) is 4.85. The molecule has 2 aromatic carbocycles. The highest BCUT2D eigenvalue weighted by Crippen LogP contribution is 2.37. The van der Waals surface area contributed by atoms with Crippen LogP contribution in [-0.2, 0) is 0 Å². The monoisotopic (exact) mass is 240 g/mol. The lowest BCUT2D eigenvalue weighted by Crippen LogP contribution is -1.96. The molecule has 0 atom stereocenters. The second-order valence-corrected chi connectivity index (χ2v) is 4.83. The Hall–Kier alpha value is -1.76. The molecule has 0 radical (unpaired) electrons. The number of hydrogen-bond donors (Lipinski definition) is 0. The van der Waals surface area contributed by atoms with Crippen molar-refractivity contribution in [3.63, 3.8) is 0 Å². The van der Waals surface area contributed by atoms with Crippen molar-refractivity contribution in [1.29, 1.82) is 0 Å². The van der Waals surface area contributed by atoms with E-state index in [2.05, 4.69) is 58.0 Å². The third-order valence-corrected chi connectivity index (χ3v) is 3.79. The molecule has 0 fully saturated rings. The predicted octanol–water partition coefficient (Wildman–Crippen LogP) is 4.60. The first-order chi connectivity index (χ1) is 8.56. The minimum Gasteiger partial charge on any atom is -0.496 e. The summed E-state index contributed by atoms with van der Waals surface area (Å²) in [5.74, 6) is 0.951. The van der Waals surface area contributed by atoms with Gasteiger partial charge in [-0.25, -0.2) is 0 Å². The molecule has 0 unspecified atom stereocenters. The van der Waals surface area contributed by atoms with Gasteiger partial charge in [0.1, 0.15) is 5.75 Å². The lowest BCUT2D eigenvalue weighted by atomic mass is 9.91. The van der Waals surface area contributed by atoms with Crippen LogP contribution in [0, 0.1) is 27.7 Å². The first-order valence-electron chi connectivity index (χ1n) is 6.27. The third kappa shape index (κ3) is 2.01. The quantitative estimate of drug-likeness (QED) is 0.745. The molecular weight excluding hydrogens is 220 g/mol. The van der Waals surface area contributed by atoms with E-state index in [-0.39, 0.29) is 0 Å². The molecule has 2 aromatic rings. The van der Waals surface area contributed by atoms with E-state index < -0.39 is 0 Å². The normalized spacial score (nSPS) is 10.5. The molecule has 0 aliphatic rings. The van der Waals surface area contributed by atoms with Gasteiger partial charge in [-0.3, -0.25) is 0 Å². The number of ether oxygens (including phenoxy) is 1. The molecule has 0 spiro atoms. The maximum Gasteiger partial charge on any atom is 0.126 e. The first-order valence-corrected chi connectivity index (χ1v) is 6.27. The molecule has 94 valence electrons. The van der Waals surface area contributed by atoms with Crippen LogP contribution in [0.2, 0.25) is 0 Å². The molecule has 2 rings (SSSR count). The van der Waals surface area contributed by atoms with Crippen molar-refractivity contribution in [3.8, 4) is 16.9 Å². The molecule has 0 saturated carbocycles. The Morgan fingerprint density at radius 1 is 0.778 bits per heavy atom. The van der Waals surface area contributed by atoms with Gasteiger partial charge in [0, 0.05) is 5.56 Å². The Kier molecular flexibility index (Phi) is 3.42. The topological polar surface area (TPSA) is 9.23 Å². The molecule has 0 amide bonds. The van der Waals surface area contributed by atoms with E-state index in [9.17, 15) is 0 Å². The van der Waals surface area contributed by atoms with Gasteiger partial charge >= 0.3 is 0 Å². The zero-order valence-electron chi connectivity index (χ0n) is 11.8. The minimum absolute atomic E-state index is 0.951. The first kappa shape index (κ1) is 12.7. The van der Waals surface area contributed by atoms with E-state index in [0.29, 0.717) is 0 Å². The highest BCUT2D eigenvalue weighted by molar-refractivity contribution is 5.78. The van der Waals surface area contributed by atoms with Crippen molar-refractivity contribution in [2.24, 2.45) is 0 Å². The third-order valence-electron chi connectivity index (χ3n) is 3.79. The van der Waals surface area contributed by atoms with Gasteiger partial charge < -0.3 is 4.74 Å². The summed E-state index contributed by atoms with van der Waals surface area (Å²) in [6.45, 7) is 8.63. The molecule has 0 heterocycles. The zero-order chi connectivity index (χ0) is 13.3. The van der Waals surface area contributed by atoms with Crippen LogP contribution in [0.25, 0.3) is 11.1 Å². The van der Waals surface area contributed by atoms with Gasteiger partial charge in [-0.2, -0.15) is 0 Å². The Bertz CT molecular complexity index is 582. The van der Waals surface area contributed by atoms with Crippen molar-refractivity contribution in [3.05, 3.63) is 52.6 Å². The standard InChI is InChI=1S/C17H20O/c1-11-7-6-8-15(13(11)3)17-14(4)12(2)9-10-16(17)18-5/h6-10H,1-5H3. The maximum absolute atomic E-state index is 5.53. The Labute approximate surface area is 109 Å². The number of benzene rings is 2. The highest BCUT2D eigenvalue weighted by Gasteiger charge is 2.13. The fraction of sp³-hybridized carbons (Fsp3) is 0.294. The predicted molar refractivity (Wildman–Crippen MR) is 77.4 cm³/mol. The summed E-state index contributed by atoms with van der Waals surface area (Å²) >= 11 is 0. The fourth-order valence-electron chi connectivity index (χ4n) is 2.32. The van der Waals surface area contributed by atoms with Crippen LogP contribution in [0.5, 0.6) is 5.75 Å². The highest BCUT2D eigenvalue weighted by atomic mass is 16.5. The number of aryl methyl sites for hydroxylation is 2. The van der Waals surface area contributed by atoms with Crippen LogP contribution in [0.15, 0.2) is 30.3 Å². The average Bonchev–Trinajstić information content (AvgIpc) is 2.36. The van der Waals surface area contributed by atoms with E-state index >= 15 is 0 Å². The molecule has 18 heavy (non-hydrogen) atoms. The molecular formula is C17H20O. The molecule has 0 bridgehead atoms. The summed E-state index contributed by atoms with van der Waals surface area (Å²) in [7, 11) is 1.73. The van der Waals surface area contributed by atoms with Crippen molar-refractivity contribution >= 4 is 0 Å². The Morgan fingerprint density at radius 3 is 2.11 bits per heavy atom. The van der Waals surface area contributed by atoms with Gasteiger partial charge in [0.25, 0.3) is 0 Å². The van der Waals surface area contributed by atoms with Crippen LogP contribution in [0.4, 0.5) is 0 Å². The molecule has 1 nitrogen and oxygen atoms in total. The number of rotatable bonds is 2. The SMILES string of the molecule is COc1ccc(C)c(C)c1-c1cccc(C)c1C. The molecule has 0 aliphatic heterocycles. The van der Waals surface area contributed by atoms with Crippen LogP contribution < -0.4 is 4.74 Å². The van der Waals surface area contributed by atoms with E-state index in [0.717, 1.165) is 5.75 Å². The summed E-state index contributed by atoms with van der Waals surface area (Å²) in [6, 6.07) is 10.6. The summed E-state index contributed by atoms with van der Waals surface area (Å²) in [4.78, 5) is 0. The minimum atomic E-state index is 0.951. The summed E-state index contributed by atoms with van der Waals surface area (Å²) in [5.41, 5.74) is 7.72. The van der Waals surface area contributed by atoms with Gasteiger partial charge in [-0.05, 0) is 61.6 Å². The lowest BCUT2D eigenvalue weighted by Gasteiger charge is -2.17. The molecule has 1 heteroatoms. The lowest BCUT2D eigenvalue weighted by molar-refractivity contribution is 0.416. The molecule has 0 N–H and O–H groups in total. The van der Waals surface area contributed by atoms with Gasteiger partial charge in [-0.1, -0.05) is 24.3 Å². The van der Waals surface area contributed by atoms with Crippen molar-refractivity contribution < 1.29 is 4.74 Å². The van der Waals surface area contributed by atoms with Crippen LogP contribution in [0.3, 0.4) is 0 Å². The molecule has 0 saturated heterocycles. The van der Waals surface area contributed by atoms with Crippen LogP contribution >= 0.6 is 0 Å². The van der Waals surface area contributed by atoms with Gasteiger partial charge in [-0.15, -0.1) is 0 Å². The summed E-state index contributed by atoms with van der Waals surface area (Å²) in [6.07, 6.45) is 0. The van der Waals surface area contributed by atoms with Gasteiger partial charge in [0.15, 0.2) is 0 Å². The zero-order valence-corrected chi connectivity index (χ0v) is 11.8. The average molecular weight is 240 g/mol. The van der Waals surface area contributed by atoms with Crippen LogP contribution in [-0.4, -0.2) is 7.11 Å². The second-order valence-electron chi connectivity index (χ2n) is 4.83. The number of methoxy groups -OCH3 is 1. The number of hydrogen-bond acceptors (Lipinski definition) is 1. The van der Waals surface area contributed by atoms with E-state index in [4.69, 9.17) is 4.74 Å². The van der Waals surface area contributed by atoms with Crippen molar-refractivity contribution in [2.45, 2.75) is 27.7 Å². The molecule has 0 aromatic heterocycles.